The zero-order valence-corrected chi connectivity index (χ0v) is 34.4. The summed E-state index contributed by atoms with van der Waals surface area (Å²) >= 11 is 0. The molecule has 0 N–H and O–H groups in total. The maximum atomic E-state index is 3.93. The molecule has 0 spiro atoms. The lowest BCUT2D eigenvalue weighted by molar-refractivity contribution is 0.200. The summed E-state index contributed by atoms with van der Waals surface area (Å²) in [5.74, 6) is 0.926. The van der Waals surface area contributed by atoms with Crippen LogP contribution in [0.5, 0.6) is 0 Å². The first-order valence-corrected chi connectivity index (χ1v) is 18.8. The van der Waals surface area contributed by atoms with Crippen LogP contribution >= 0.6 is 0 Å². The topological polar surface area (TPSA) is 6.48 Å². The number of benzene rings is 2. The van der Waals surface area contributed by atoms with Gasteiger partial charge in [-0.1, -0.05) is 151 Å². The van der Waals surface area contributed by atoms with E-state index in [0.717, 1.165) is 12.0 Å². The highest BCUT2D eigenvalue weighted by atomic mass is 15.1. The zero-order valence-electron chi connectivity index (χ0n) is 34.4. The van der Waals surface area contributed by atoms with Gasteiger partial charge in [0.2, 0.25) is 0 Å². The number of piperidine rings is 2. The Labute approximate surface area is 304 Å². The van der Waals surface area contributed by atoms with Gasteiger partial charge in [-0.2, -0.15) is 0 Å². The summed E-state index contributed by atoms with van der Waals surface area (Å²) in [5, 5.41) is 0. The molecule has 2 aromatic carbocycles. The van der Waals surface area contributed by atoms with E-state index in [2.05, 4.69) is 155 Å². The lowest BCUT2D eigenvalue weighted by Gasteiger charge is -2.32. The van der Waals surface area contributed by atoms with Crippen LogP contribution in [0.2, 0.25) is 0 Å². The molecule has 0 radical (unpaired) electrons. The quantitative estimate of drug-likeness (QED) is 0.232. The second kappa shape index (κ2) is 44.2. The summed E-state index contributed by atoms with van der Waals surface area (Å²) in [6.07, 6.45) is 13.9. The van der Waals surface area contributed by atoms with Crippen LogP contribution < -0.4 is 0 Å². The monoisotopic (exact) mass is 665 g/mol. The molecule has 0 aromatic heterocycles. The smallest absolute Gasteiger partial charge is 0.0177 e. The molecule has 2 aliphatic heterocycles. The number of rotatable bonds is 5. The average Bonchev–Trinajstić information content (AvgIpc) is 3.11. The van der Waals surface area contributed by atoms with Crippen molar-refractivity contribution in [1.29, 1.82) is 0 Å². The standard InChI is InChI=1S/C9H17N.C8H10.C7H15N.C7H8.C7H16.C2H6.3C2H4/c1-8(2)10-6-4-9(3)5-7-10;1-7-4-3-5-8(2)6-7;1-7-5-3-4-6-8(7)2;1-7-5-3-2-4-6-7;1-3-5-7-6-4-2;4*1-2/h9H,1,4-7H2,2-3H3;3-6H,1-2H3;7H,3-6H2,1-2H3;2-6H,1H3;3-7H2,1-2H3;1-2H3;3*1-2H2. The number of allylic oxidation sites excluding steroid dienone is 1. The molecule has 2 saturated heterocycles. The van der Waals surface area contributed by atoms with Crippen molar-refractivity contribution in [3.8, 4) is 0 Å². The molecule has 2 aliphatic rings. The van der Waals surface area contributed by atoms with E-state index in [4.69, 9.17) is 0 Å². The van der Waals surface area contributed by atoms with Gasteiger partial charge in [-0.15, -0.1) is 39.5 Å². The maximum Gasteiger partial charge on any atom is 0.0177 e. The maximum absolute atomic E-state index is 3.93. The summed E-state index contributed by atoms with van der Waals surface area (Å²) in [4.78, 5) is 4.81. The Bertz CT molecular complexity index is 846. The van der Waals surface area contributed by atoms with Crippen molar-refractivity contribution in [2.45, 2.75) is 139 Å². The van der Waals surface area contributed by atoms with Crippen LogP contribution in [0.25, 0.3) is 0 Å². The third kappa shape index (κ3) is 39.3. The summed E-state index contributed by atoms with van der Waals surface area (Å²) in [7, 11) is 2.21. The van der Waals surface area contributed by atoms with Gasteiger partial charge in [-0.05, 0) is 79.8 Å². The number of unbranched alkanes of at least 4 members (excludes halogenated alkanes) is 4. The zero-order chi connectivity index (χ0) is 38.2. The predicted octanol–water partition coefficient (Wildman–Crippen LogP) is 14.5. The largest absolute Gasteiger partial charge is 0.376 e. The number of likely N-dealkylation sites (tertiary alicyclic amines) is 2. The van der Waals surface area contributed by atoms with Gasteiger partial charge in [0.15, 0.2) is 0 Å². The Morgan fingerprint density at radius 3 is 1.35 bits per heavy atom. The summed E-state index contributed by atoms with van der Waals surface area (Å²) in [6, 6.07) is 19.5. The molecule has 2 aromatic rings. The fourth-order valence-corrected chi connectivity index (χ4v) is 4.65. The lowest BCUT2D eigenvalue weighted by atomic mass is 9.99. The molecule has 278 valence electrons. The minimum atomic E-state index is 0.837. The first-order chi connectivity index (χ1) is 23.1. The first kappa shape index (κ1) is 54.6. The SMILES string of the molecule is C=C.C=C.C=C.C=C(C)N1CCC(C)CC1.CC.CC1CCCCN1C.CCCCCCC.Cc1cccc(C)c1.Cc1ccccc1. The number of aryl methyl sites for hydroxylation is 3. The minimum absolute atomic E-state index is 0.837. The third-order valence-corrected chi connectivity index (χ3v) is 7.78. The summed E-state index contributed by atoms with van der Waals surface area (Å²) < 4.78 is 0. The number of nitrogens with zero attached hydrogens (tertiary/aromatic N) is 2. The van der Waals surface area contributed by atoms with Gasteiger partial charge in [0.25, 0.3) is 0 Å². The van der Waals surface area contributed by atoms with Crippen molar-refractivity contribution in [3.05, 3.63) is 123 Å². The molecule has 2 nitrogen and oxygen atoms in total. The van der Waals surface area contributed by atoms with Gasteiger partial charge in [0.1, 0.15) is 0 Å². The molecule has 0 amide bonds. The van der Waals surface area contributed by atoms with Gasteiger partial charge in [0.05, 0.1) is 0 Å². The van der Waals surface area contributed by atoms with Crippen LogP contribution in [0, 0.1) is 26.7 Å². The van der Waals surface area contributed by atoms with Crippen LogP contribution in [0.4, 0.5) is 0 Å². The highest BCUT2D eigenvalue weighted by Gasteiger charge is 2.14. The van der Waals surface area contributed by atoms with Crippen molar-refractivity contribution in [1.82, 2.24) is 9.80 Å². The van der Waals surface area contributed by atoms with E-state index in [1.165, 1.54) is 106 Å². The molecule has 2 heterocycles. The van der Waals surface area contributed by atoms with E-state index in [0.29, 0.717) is 0 Å². The summed E-state index contributed by atoms with van der Waals surface area (Å²) in [5.41, 5.74) is 5.23. The van der Waals surface area contributed by atoms with Gasteiger partial charge < -0.3 is 9.80 Å². The van der Waals surface area contributed by atoms with Crippen LogP contribution in [0.1, 0.15) is 129 Å². The Morgan fingerprint density at radius 2 is 1.08 bits per heavy atom. The molecule has 2 heteroatoms. The molecule has 48 heavy (non-hydrogen) atoms. The molecule has 4 rings (SSSR count). The van der Waals surface area contributed by atoms with Crippen molar-refractivity contribution < 1.29 is 0 Å². The Morgan fingerprint density at radius 1 is 0.646 bits per heavy atom. The molecule has 0 aliphatic carbocycles. The molecule has 1 atom stereocenters. The Balaban J connectivity index is -0.000000153. The highest BCUT2D eigenvalue weighted by molar-refractivity contribution is 5.20. The molecule has 1 unspecified atom stereocenters. The van der Waals surface area contributed by atoms with Crippen LogP contribution in [0.3, 0.4) is 0 Å². The van der Waals surface area contributed by atoms with Crippen molar-refractivity contribution in [3.63, 3.8) is 0 Å². The van der Waals surface area contributed by atoms with Crippen molar-refractivity contribution >= 4 is 0 Å². The van der Waals surface area contributed by atoms with E-state index in [-0.39, 0.29) is 0 Å². The number of hydrogen-bond acceptors (Lipinski definition) is 2. The normalized spacial score (nSPS) is 14.5. The van der Waals surface area contributed by atoms with Gasteiger partial charge in [0, 0.05) is 24.8 Å². The fourth-order valence-electron chi connectivity index (χ4n) is 4.65. The third-order valence-electron chi connectivity index (χ3n) is 7.78. The van der Waals surface area contributed by atoms with E-state index in [9.17, 15) is 0 Å². The van der Waals surface area contributed by atoms with E-state index >= 15 is 0 Å². The first-order valence-electron chi connectivity index (χ1n) is 18.8. The van der Waals surface area contributed by atoms with Gasteiger partial charge in [-0.25, -0.2) is 0 Å². The van der Waals surface area contributed by atoms with Crippen LogP contribution in [0.15, 0.2) is 106 Å². The molecular formula is C46H84N2. The average molecular weight is 665 g/mol. The van der Waals surface area contributed by atoms with E-state index in [1.54, 1.807) is 0 Å². The second-order valence-electron chi connectivity index (χ2n) is 12.1. The van der Waals surface area contributed by atoms with Crippen molar-refractivity contribution in [2.75, 3.05) is 26.7 Å². The molecule has 2 fully saturated rings. The number of hydrogen-bond donors (Lipinski definition) is 0. The summed E-state index contributed by atoms with van der Waals surface area (Å²) in [6.45, 7) is 47.2. The molecule has 0 bridgehead atoms. The van der Waals surface area contributed by atoms with E-state index < -0.39 is 0 Å². The van der Waals surface area contributed by atoms with Gasteiger partial charge in [-0.3, -0.25) is 0 Å². The van der Waals surface area contributed by atoms with Crippen molar-refractivity contribution in [2.24, 2.45) is 5.92 Å². The minimum Gasteiger partial charge on any atom is -0.376 e. The Hall–Kier alpha value is -2.84. The Kier molecular flexibility index (Phi) is 50.2. The second-order valence-corrected chi connectivity index (χ2v) is 12.1. The van der Waals surface area contributed by atoms with Crippen LogP contribution in [-0.4, -0.2) is 42.5 Å². The molecule has 0 saturated carbocycles. The van der Waals surface area contributed by atoms with E-state index in [1.807, 2.05) is 32.0 Å². The van der Waals surface area contributed by atoms with Gasteiger partial charge >= 0.3 is 0 Å². The van der Waals surface area contributed by atoms with Crippen LogP contribution in [-0.2, 0) is 0 Å². The fraction of sp³-hybridized carbons (Fsp3) is 0.565. The predicted molar refractivity (Wildman–Crippen MR) is 227 cm³/mol. The lowest BCUT2D eigenvalue weighted by Crippen LogP contribution is -2.33. The highest BCUT2D eigenvalue weighted by Crippen LogP contribution is 2.18. The molecular weight excluding hydrogens is 581 g/mol.